The Bertz CT molecular complexity index is 2500. The van der Waals surface area contributed by atoms with Crippen molar-refractivity contribution in [2.75, 3.05) is 4.90 Å². The van der Waals surface area contributed by atoms with Crippen molar-refractivity contribution >= 4 is 50.6 Å². The molecule has 0 spiro atoms. The van der Waals surface area contributed by atoms with Crippen LogP contribution in [0, 0.1) is 20.8 Å². The van der Waals surface area contributed by atoms with Gasteiger partial charge in [-0.25, -0.2) is 0 Å². The summed E-state index contributed by atoms with van der Waals surface area (Å²) in [6.07, 6.45) is 16.7. The van der Waals surface area contributed by atoms with Gasteiger partial charge in [-0.3, -0.25) is 0 Å². The molecule has 282 valence electrons. The van der Waals surface area contributed by atoms with Crippen molar-refractivity contribution in [3.8, 4) is 11.1 Å². The van der Waals surface area contributed by atoms with Gasteiger partial charge < -0.3 is 4.90 Å². The molecular formula is C54H58BN. The van der Waals surface area contributed by atoms with Gasteiger partial charge in [-0.2, -0.15) is 0 Å². The molecule has 0 fully saturated rings. The van der Waals surface area contributed by atoms with Crippen LogP contribution in [0.2, 0.25) is 0 Å². The molecule has 1 aliphatic rings. The Morgan fingerprint density at radius 3 is 1.91 bits per heavy atom. The Hall–Kier alpha value is -5.60. The maximum absolute atomic E-state index is 2.52. The first-order chi connectivity index (χ1) is 27.2. The van der Waals surface area contributed by atoms with Gasteiger partial charge in [0.15, 0.2) is 0 Å². The lowest BCUT2D eigenvalue weighted by Gasteiger charge is -2.33. The zero-order chi connectivity index (χ0) is 39.9. The number of benzene rings is 6. The molecule has 0 aromatic heterocycles. The van der Waals surface area contributed by atoms with E-state index in [0.29, 0.717) is 0 Å². The molecule has 1 heterocycles. The molecule has 1 unspecified atom stereocenters. The van der Waals surface area contributed by atoms with Crippen LogP contribution in [-0.2, 0) is 6.42 Å². The molecule has 0 amide bonds. The van der Waals surface area contributed by atoms with Gasteiger partial charge in [-0.15, -0.1) is 0 Å². The largest absolute Gasteiger partial charge is 0.334 e. The Morgan fingerprint density at radius 2 is 1.25 bits per heavy atom. The van der Waals surface area contributed by atoms with E-state index in [1.54, 1.807) is 0 Å². The molecule has 6 aromatic rings. The van der Waals surface area contributed by atoms with Crippen LogP contribution in [0.25, 0.3) is 32.7 Å². The van der Waals surface area contributed by atoms with Gasteiger partial charge in [-0.05, 0) is 107 Å². The molecule has 0 aliphatic carbocycles. The van der Waals surface area contributed by atoms with Crippen molar-refractivity contribution in [3.63, 3.8) is 0 Å². The van der Waals surface area contributed by atoms with E-state index in [1.807, 2.05) is 13.8 Å². The van der Waals surface area contributed by atoms with Crippen molar-refractivity contribution in [2.45, 2.75) is 81.7 Å². The number of rotatable bonds is 7. The van der Waals surface area contributed by atoms with E-state index < -0.39 is 0 Å². The summed E-state index contributed by atoms with van der Waals surface area (Å²) < 4.78 is 0. The van der Waals surface area contributed by atoms with Gasteiger partial charge in [0.05, 0.1) is 0 Å². The van der Waals surface area contributed by atoms with Crippen LogP contribution in [0.15, 0.2) is 168 Å². The highest BCUT2D eigenvalue weighted by Gasteiger charge is 2.30. The SMILES string of the molecule is CC.C\C=C(C)/C=C(C)\C(=C\C)B(c1c(C)cc(C)cc1C)c1ccc(-c2ccc(N3c4ccccc4C/C=C\C=C/C3C)c3ccccc23)c2ccccc12. The third-order valence-electron chi connectivity index (χ3n) is 11.4. The highest BCUT2D eigenvalue weighted by molar-refractivity contribution is 6.93. The summed E-state index contributed by atoms with van der Waals surface area (Å²) >= 11 is 0. The maximum Gasteiger partial charge on any atom is 0.242 e. The first-order valence-corrected chi connectivity index (χ1v) is 20.5. The highest BCUT2D eigenvalue weighted by atomic mass is 15.2. The lowest BCUT2D eigenvalue weighted by atomic mass is 9.33. The van der Waals surface area contributed by atoms with Gasteiger partial charge in [0.2, 0.25) is 6.71 Å². The number of anilines is 2. The molecule has 1 atom stereocenters. The lowest BCUT2D eigenvalue weighted by Crippen LogP contribution is -2.47. The van der Waals surface area contributed by atoms with Crippen LogP contribution >= 0.6 is 0 Å². The number of hydrogen-bond donors (Lipinski definition) is 0. The van der Waals surface area contributed by atoms with Crippen LogP contribution < -0.4 is 15.8 Å². The molecule has 7 rings (SSSR count). The summed E-state index contributed by atoms with van der Waals surface area (Å²) in [6, 6.07) is 41.3. The maximum atomic E-state index is 2.52. The van der Waals surface area contributed by atoms with E-state index in [1.165, 1.54) is 93.8 Å². The Kier molecular flexibility index (Phi) is 12.8. The first kappa shape index (κ1) is 40.1. The molecule has 0 radical (unpaired) electrons. The van der Waals surface area contributed by atoms with Gasteiger partial charge in [0, 0.05) is 22.8 Å². The summed E-state index contributed by atoms with van der Waals surface area (Å²) in [4.78, 5) is 2.52. The van der Waals surface area contributed by atoms with E-state index in [9.17, 15) is 0 Å². The summed E-state index contributed by atoms with van der Waals surface area (Å²) in [7, 11) is 0. The number of hydrogen-bond acceptors (Lipinski definition) is 1. The van der Waals surface area contributed by atoms with Crippen molar-refractivity contribution in [3.05, 3.63) is 191 Å². The van der Waals surface area contributed by atoms with Crippen molar-refractivity contribution in [1.29, 1.82) is 0 Å². The quantitative estimate of drug-likeness (QED) is 0.117. The fourth-order valence-electron chi connectivity index (χ4n) is 8.86. The molecule has 0 saturated carbocycles. The number of aryl methyl sites for hydroxylation is 3. The average molecular weight is 732 g/mol. The van der Waals surface area contributed by atoms with Crippen LogP contribution in [0.4, 0.5) is 11.4 Å². The standard InChI is InChI=1S/C52H52BN.C2H6/c1-9-35(3)32-37(5)48(10-2)53(52-38(6)33-36(4)34-39(52)7)49-30-28-44(42-23-15-17-25-46(42)49)45-29-31-51(47-26-18-16-24-43(45)47)54-40(8)20-12-11-13-21-41-22-14-19-27-50(41)54;1-2/h9-20,22-34,40H,21H2,1-8H3;1-2H3/b13-11-,20-12-,35-9-,37-32-,48-10-;. The zero-order valence-electron chi connectivity index (χ0n) is 35.2. The third-order valence-corrected chi connectivity index (χ3v) is 11.4. The minimum atomic E-state index is 0.0786. The van der Waals surface area contributed by atoms with Gasteiger partial charge >= 0.3 is 0 Å². The number of nitrogens with zero attached hydrogens (tertiary/aromatic N) is 1. The van der Waals surface area contributed by atoms with Gasteiger partial charge in [0.1, 0.15) is 0 Å². The minimum Gasteiger partial charge on any atom is -0.334 e. The zero-order valence-corrected chi connectivity index (χ0v) is 35.2. The van der Waals surface area contributed by atoms with Crippen molar-refractivity contribution < 1.29 is 0 Å². The Morgan fingerprint density at radius 1 is 0.661 bits per heavy atom. The topological polar surface area (TPSA) is 3.24 Å². The van der Waals surface area contributed by atoms with E-state index in [-0.39, 0.29) is 12.8 Å². The molecular weight excluding hydrogens is 673 g/mol. The number of fused-ring (bicyclic) bond motifs is 3. The van der Waals surface area contributed by atoms with E-state index in [2.05, 4.69) is 212 Å². The summed E-state index contributed by atoms with van der Waals surface area (Å²) in [5, 5.41) is 5.08. The van der Waals surface area contributed by atoms with Crippen LogP contribution in [0.1, 0.15) is 70.7 Å². The van der Waals surface area contributed by atoms with E-state index in [0.717, 1.165) is 6.42 Å². The fourth-order valence-corrected chi connectivity index (χ4v) is 8.86. The molecule has 0 saturated heterocycles. The second kappa shape index (κ2) is 17.9. The monoisotopic (exact) mass is 731 g/mol. The van der Waals surface area contributed by atoms with Gasteiger partial charge in [0.25, 0.3) is 0 Å². The van der Waals surface area contributed by atoms with Gasteiger partial charge in [-0.1, -0.05) is 198 Å². The third kappa shape index (κ3) is 7.89. The normalized spacial score (nSPS) is 16.0. The smallest absolute Gasteiger partial charge is 0.242 e. The number of para-hydroxylation sites is 1. The lowest BCUT2D eigenvalue weighted by molar-refractivity contribution is 0.863. The molecule has 56 heavy (non-hydrogen) atoms. The Balaban J connectivity index is 0.00000262. The highest BCUT2D eigenvalue weighted by Crippen LogP contribution is 2.42. The van der Waals surface area contributed by atoms with Crippen molar-refractivity contribution in [1.82, 2.24) is 0 Å². The van der Waals surface area contributed by atoms with Crippen LogP contribution in [-0.4, -0.2) is 12.8 Å². The second-order valence-electron chi connectivity index (χ2n) is 15.0. The molecule has 6 aromatic carbocycles. The van der Waals surface area contributed by atoms with Crippen LogP contribution in [0.3, 0.4) is 0 Å². The summed E-state index contributed by atoms with van der Waals surface area (Å²) in [5.74, 6) is 0. The predicted octanol–water partition coefficient (Wildman–Crippen LogP) is 13.8. The predicted molar refractivity (Wildman–Crippen MR) is 251 cm³/mol. The summed E-state index contributed by atoms with van der Waals surface area (Å²) in [5.41, 5.74) is 17.0. The van der Waals surface area contributed by atoms with E-state index >= 15 is 0 Å². The molecule has 2 heteroatoms. The second-order valence-corrected chi connectivity index (χ2v) is 15.0. The Labute approximate surface area is 337 Å². The first-order valence-electron chi connectivity index (χ1n) is 20.5. The van der Waals surface area contributed by atoms with Crippen molar-refractivity contribution in [2.24, 2.45) is 0 Å². The fraction of sp³-hybridized carbons (Fsp3) is 0.222. The molecule has 0 N–H and O–H groups in total. The minimum absolute atomic E-state index is 0.0786. The van der Waals surface area contributed by atoms with Crippen LogP contribution in [0.5, 0.6) is 0 Å². The average Bonchev–Trinajstić information content (AvgIpc) is 3.28. The molecule has 1 aliphatic heterocycles. The van der Waals surface area contributed by atoms with E-state index in [4.69, 9.17) is 0 Å². The molecule has 1 nitrogen and oxygen atoms in total. The number of allylic oxidation sites excluding steroid dienone is 9. The summed E-state index contributed by atoms with van der Waals surface area (Å²) in [6.45, 7) is 21.9. The molecule has 0 bridgehead atoms.